The third kappa shape index (κ3) is 3.36. The van der Waals surface area contributed by atoms with Gasteiger partial charge in [-0.1, -0.05) is 0 Å². The lowest BCUT2D eigenvalue weighted by atomic mass is 10.1. The van der Waals surface area contributed by atoms with Crippen molar-refractivity contribution in [3.63, 3.8) is 0 Å². The topological polar surface area (TPSA) is 52.3 Å². The van der Waals surface area contributed by atoms with Gasteiger partial charge in [0.15, 0.2) is 5.78 Å². The Labute approximate surface area is 90.2 Å². The van der Waals surface area contributed by atoms with Crippen LogP contribution in [0, 0.1) is 6.92 Å². The van der Waals surface area contributed by atoms with Gasteiger partial charge in [-0.05, 0) is 44.5 Å². The first-order chi connectivity index (χ1) is 7.02. The van der Waals surface area contributed by atoms with Crippen LogP contribution in [-0.4, -0.2) is 18.4 Å². The maximum Gasteiger partial charge on any atom is 0.176 e. The fraction of sp³-hybridized carbons (Fsp3) is 0.417. The van der Waals surface area contributed by atoms with Crippen LogP contribution in [0.4, 0.5) is 0 Å². The molecular formula is C12H17NO2. The summed E-state index contributed by atoms with van der Waals surface area (Å²) >= 11 is 0. The zero-order valence-electron chi connectivity index (χ0n) is 9.41. The molecule has 0 heterocycles. The fourth-order valence-corrected chi connectivity index (χ4v) is 1.37. The van der Waals surface area contributed by atoms with Crippen molar-refractivity contribution < 1.29 is 9.53 Å². The van der Waals surface area contributed by atoms with Crippen molar-refractivity contribution in [3.8, 4) is 5.75 Å². The molecular weight excluding hydrogens is 190 g/mol. The first-order valence-electron chi connectivity index (χ1n) is 5.04. The van der Waals surface area contributed by atoms with Crippen LogP contribution >= 0.6 is 0 Å². The van der Waals surface area contributed by atoms with Gasteiger partial charge in [0.05, 0.1) is 12.6 Å². The molecule has 0 radical (unpaired) electrons. The zero-order valence-corrected chi connectivity index (χ0v) is 9.41. The molecule has 0 fully saturated rings. The van der Waals surface area contributed by atoms with Gasteiger partial charge >= 0.3 is 0 Å². The van der Waals surface area contributed by atoms with E-state index in [0.717, 1.165) is 11.3 Å². The van der Waals surface area contributed by atoms with E-state index in [0.29, 0.717) is 5.56 Å². The van der Waals surface area contributed by atoms with E-state index in [1.165, 1.54) is 0 Å². The molecule has 0 saturated carbocycles. The van der Waals surface area contributed by atoms with Crippen LogP contribution in [-0.2, 0) is 0 Å². The molecule has 1 aromatic rings. The predicted octanol–water partition coefficient (Wildman–Crippen LogP) is 1.92. The van der Waals surface area contributed by atoms with Gasteiger partial charge in [0, 0.05) is 5.56 Å². The Bertz CT molecular complexity index is 359. The number of nitrogens with two attached hydrogens (primary N) is 1. The summed E-state index contributed by atoms with van der Waals surface area (Å²) in [5, 5.41) is 0. The molecule has 0 aliphatic carbocycles. The fourth-order valence-electron chi connectivity index (χ4n) is 1.37. The number of carbonyl (C=O) groups excluding carboxylic acids is 1. The van der Waals surface area contributed by atoms with Gasteiger partial charge in [-0.2, -0.15) is 0 Å². The van der Waals surface area contributed by atoms with Gasteiger partial charge < -0.3 is 10.5 Å². The van der Waals surface area contributed by atoms with Crippen LogP contribution in [0.2, 0.25) is 0 Å². The number of ether oxygens (including phenoxy) is 1. The van der Waals surface area contributed by atoms with Crippen molar-refractivity contribution in [2.75, 3.05) is 6.54 Å². The number of ketones is 1. The first-order valence-corrected chi connectivity index (χ1v) is 5.04. The molecule has 1 aromatic carbocycles. The molecule has 0 unspecified atom stereocenters. The molecule has 2 N–H and O–H groups in total. The number of Topliss-reactive ketones (excluding diaryl/α,β-unsaturated/α-hetero) is 1. The quantitative estimate of drug-likeness (QED) is 0.767. The average molecular weight is 207 g/mol. The van der Waals surface area contributed by atoms with Crippen LogP contribution in [0.25, 0.3) is 0 Å². The van der Waals surface area contributed by atoms with Crippen molar-refractivity contribution in [3.05, 3.63) is 29.3 Å². The molecule has 0 amide bonds. The highest BCUT2D eigenvalue weighted by atomic mass is 16.5. The molecule has 0 atom stereocenters. The molecule has 0 spiro atoms. The maximum absolute atomic E-state index is 11.4. The predicted molar refractivity (Wildman–Crippen MR) is 60.3 cm³/mol. The Morgan fingerprint density at radius 1 is 1.40 bits per heavy atom. The summed E-state index contributed by atoms with van der Waals surface area (Å²) in [5.41, 5.74) is 6.94. The minimum Gasteiger partial charge on any atom is -0.491 e. The van der Waals surface area contributed by atoms with Gasteiger partial charge in [-0.3, -0.25) is 4.79 Å². The molecule has 15 heavy (non-hydrogen) atoms. The van der Waals surface area contributed by atoms with Crippen molar-refractivity contribution in [2.45, 2.75) is 26.9 Å². The van der Waals surface area contributed by atoms with Gasteiger partial charge in [-0.25, -0.2) is 0 Å². The van der Waals surface area contributed by atoms with Gasteiger partial charge in [0.25, 0.3) is 0 Å². The van der Waals surface area contributed by atoms with Gasteiger partial charge in [0.2, 0.25) is 0 Å². The van der Waals surface area contributed by atoms with Crippen LogP contribution in [0.1, 0.15) is 29.8 Å². The van der Waals surface area contributed by atoms with E-state index < -0.39 is 0 Å². The lowest BCUT2D eigenvalue weighted by molar-refractivity contribution is 0.100. The second kappa shape index (κ2) is 4.94. The van der Waals surface area contributed by atoms with E-state index >= 15 is 0 Å². The summed E-state index contributed by atoms with van der Waals surface area (Å²) < 4.78 is 5.54. The molecule has 82 valence electrons. The normalized spacial score (nSPS) is 10.5. The maximum atomic E-state index is 11.4. The monoisotopic (exact) mass is 207 g/mol. The van der Waals surface area contributed by atoms with Crippen molar-refractivity contribution in [2.24, 2.45) is 5.73 Å². The number of rotatable bonds is 4. The molecule has 0 aromatic heterocycles. The van der Waals surface area contributed by atoms with E-state index in [1.807, 2.05) is 32.9 Å². The Kier molecular flexibility index (Phi) is 3.86. The molecule has 0 aliphatic heterocycles. The largest absolute Gasteiger partial charge is 0.491 e. The number of hydrogen-bond acceptors (Lipinski definition) is 3. The zero-order chi connectivity index (χ0) is 11.4. The minimum absolute atomic E-state index is 0.0323. The van der Waals surface area contributed by atoms with Crippen molar-refractivity contribution >= 4 is 5.78 Å². The first kappa shape index (κ1) is 11.7. The molecule has 0 saturated heterocycles. The van der Waals surface area contributed by atoms with E-state index in [9.17, 15) is 4.79 Å². The van der Waals surface area contributed by atoms with E-state index in [4.69, 9.17) is 10.5 Å². The number of carbonyl (C=O) groups is 1. The summed E-state index contributed by atoms with van der Waals surface area (Å²) in [4.78, 5) is 11.4. The van der Waals surface area contributed by atoms with Crippen molar-refractivity contribution in [1.82, 2.24) is 0 Å². The highest BCUT2D eigenvalue weighted by molar-refractivity contribution is 5.98. The Hall–Kier alpha value is -1.35. The summed E-state index contributed by atoms with van der Waals surface area (Å²) in [5.74, 6) is 0.661. The SMILES string of the molecule is Cc1cc(OC(C)C)cc(C(=O)CN)c1. The van der Waals surface area contributed by atoms with Crippen LogP contribution in [0.5, 0.6) is 5.75 Å². The molecule has 1 rings (SSSR count). The smallest absolute Gasteiger partial charge is 0.176 e. The molecule has 3 nitrogen and oxygen atoms in total. The van der Waals surface area contributed by atoms with E-state index in [1.54, 1.807) is 6.07 Å². The Morgan fingerprint density at radius 3 is 2.60 bits per heavy atom. The van der Waals surface area contributed by atoms with Crippen molar-refractivity contribution in [1.29, 1.82) is 0 Å². The molecule has 3 heteroatoms. The van der Waals surface area contributed by atoms with Crippen LogP contribution in [0.3, 0.4) is 0 Å². The van der Waals surface area contributed by atoms with E-state index in [-0.39, 0.29) is 18.4 Å². The highest BCUT2D eigenvalue weighted by Crippen LogP contribution is 2.18. The van der Waals surface area contributed by atoms with Gasteiger partial charge in [0.1, 0.15) is 5.75 Å². The third-order valence-electron chi connectivity index (χ3n) is 1.93. The summed E-state index contributed by atoms with van der Waals surface area (Å²) in [6, 6.07) is 5.47. The summed E-state index contributed by atoms with van der Waals surface area (Å²) in [6.07, 6.45) is 0.104. The van der Waals surface area contributed by atoms with Gasteiger partial charge in [-0.15, -0.1) is 0 Å². The standard InChI is InChI=1S/C12H17NO2/c1-8(2)15-11-5-9(3)4-10(6-11)12(14)7-13/h4-6,8H,7,13H2,1-3H3. The number of hydrogen-bond donors (Lipinski definition) is 1. The minimum atomic E-state index is -0.0627. The summed E-state index contributed by atoms with van der Waals surface area (Å²) in [6.45, 7) is 5.87. The average Bonchev–Trinajstić information content (AvgIpc) is 2.14. The lowest BCUT2D eigenvalue weighted by Crippen LogP contribution is -2.14. The second-order valence-corrected chi connectivity index (χ2v) is 3.83. The van der Waals surface area contributed by atoms with Crippen LogP contribution in [0.15, 0.2) is 18.2 Å². The Balaban J connectivity index is 2.99. The lowest BCUT2D eigenvalue weighted by Gasteiger charge is -2.11. The van der Waals surface area contributed by atoms with Crippen LogP contribution < -0.4 is 10.5 Å². The highest BCUT2D eigenvalue weighted by Gasteiger charge is 2.07. The molecule has 0 bridgehead atoms. The molecule has 0 aliphatic rings. The third-order valence-corrected chi connectivity index (χ3v) is 1.93. The summed E-state index contributed by atoms with van der Waals surface area (Å²) in [7, 11) is 0. The number of benzene rings is 1. The Morgan fingerprint density at radius 2 is 2.07 bits per heavy atom. The number of aryl methyl sites for hydroxylation is 1. The van der Waals surface area contributed by atoms with E-state index in [2.05, 4.69) is 0 Å². The second-order valence-electron chi connectivity index (χ2n) is 3.83.